The second-order valence-electron chi connectivity index (χ2n) is 7.49. The van der Waals surface area contributed by atoms with Crippen molar-refractivity contribution in [3.8, 4) is 0 Å². The Morgan fingerprint density at radius 3 is 2.38 bits per heavy atom. The van der Waals surface area contributed by atoms with Crippen molar-refractivity contribution in [2.75, 3.05) is 18.0 Å². The second-order valence-corrected chi connectivity index (χ2v) is 8.36. The van der Waals surface area contributed by atoms with E-state index in [1.807, 2.05) is 19.1 Å². The number of alkyl halides is 3. The van der Waals surface area contributed by atoms with Crippen LogP contribution in [0.1, 0.15) is 29.5 Å². The SMILES string of the molecule is Cc1cc(N2CCC(c3cc(Cl)cc(Cl)c3)(C(F)(F)F)C2)ccc1CCC(N)=O. The molecule has 1 amide bonds. The summed E-state index contributed by atoms with van der Waals surface area (Å²) in [6, 6.07) is 9.62. The summed E-state index contributed by atoms with van der Waals surface area (Å²) < 4.78 is 42.7. The van der Waals surface area contributed by atoms with Crippen molar-refractivity contribution in [2.24, 2.45) is 5.73 Å². The fourth-order valence-electron chi connectivity index (χ4n) is 3.91. The fraction of sp³-hybridized carbons (Fsp3) is 0.381. The predicted octanol–water partition coefficient (Wildman–Crippen LogP) is 5.43. The van der Waals surface area contributed by atoms with Gasteiger partial charge in [-0.25, -0.2) is 0 Å². The lowest BCUT2D eigenvalue weighted by atomic mass is 9.79. The highest BCUT2D eigenvalue weighted by molar-refractivity contribution is 6.34. The number of hydrogen-bond donors (Lipinski definition) is 1. The Hall–Kier alpha value is -1.92. The molecular formula is C21H21Cl2F3N2O. The number of nitrogens with zero attached hydrogens (tertiary/aromatic N) is 1. The average Bonchev–Trinajstić information content (AvgIpc) is 3.06. The number of nitrogens with two attached hydrogens (primary N) is 1. The van der Waals surface area contributed by atoms with E-state index in [9.17, 15) is 18.0 Å². The number of carbonyl (C=O) groups excluding carboxylic acids is 1. The highest BCUT2D eigenvalue weighted by atomic mass is 35.5. The van der Waals surface area contributed by atoms with Crippen molar-refractivity contribution in [1.82, 2.24) is 0 Å². The minimum Gasteiger partial charge on any atom is -0.370 e. The molecule has 8 heteroatoms. The average molecular weight is 445 g/mol. The molecule has 0 aliphatic carbocycles. The van der Waals surface area contributed by atoms with E-state index in [0.717, 1.165) is 11.1 Å². The summed E-state index contributed by atoms with van der Waals surface area (Å²) in [5.74, 6) is -0.386. The standard InChI is InChI=1S/C21H21Cl2F3N2O/c1-13-8-18(4-2-14(13)3-5-19(27)29)28-7-6-20(12-28,21(24,25)26)15-9-16(22)11-17(23)10-15/h2,4,8-11H,3,5-7,12H2,1H3,(H2,27,29). The number of halogens is 5. The molecule has 0 saturated carbocycles. The zero-order valence-electron chi connectivity index (χ0n) is 15.8. The van der Waals surface area contributed by atoms with Crippen molar-refractivity contribution < 1.29 is 18.0 Å². The van der Waals surface area contributed by atoms with E-state index >= 15 is 0 Å². The van der Waals surface area contributed by atoms with Gasteiger partial charge in [0.25, 0.3) is 0 Å². The number of primary amides is 1. The van der Waals surface area contributed by atoms with Crippen molar-refractivity contribution in [3.05, 3.63) is 63.1 Å². The third-order valence-electron chi connectivity index (χ3n) is 5.56. The van der Waals surface area contributed by atoms with Crippen LogP contribution in [0.4, 0.5) is 18.9 Å². The molecule has 1 fully saturated rings. The van der Waals surface area contributed by atoms with Crippen LogP contribution in [0.3, 0.4) is 0 Å². The monoisotopic (exact) mass is 444 g/mol. The van der Waals surface area contributed by atoms with Gasteiger partial charge in [0.2, 0.25) is 5.91 Å². The Bertz CT molecular complexity index is 912. The van der Waals surface area contributed by atoms with Crippen LogP contribution in [0, 0.1) is 6.92 Å². The molecule has 1 atom stereocenters. The summed E-state index contributed by atoms with van der Waals surface area (Å²) in [5, 5.41) is 0.369. The van der Waals surface area contributed by atoms with Gasteiger partial charge in [-0.05, 0) is 66.8 Å². The molecule has 3 nitrogen and oxygen atoms in total. The first-order chi connectivity index (χ1) is 13.5. The molecule has 2 N–H and O–H groups in total. The molecule has 156 valence electrons. The molecule has 0 bridgehead atoms. The Labute approximate surface area is 177 Å². The molecule has 2 aromatic rings. The fourth-order valence-corrected chi connectivity index (χ4v) is 4.43. The highest BCUT2D eigenvalue weighted by Gasteiger charge is 2.59. The minimum absolute atomic E-state index is 0.0831. The largest absolute Gasteiger partial charge is 0.400 e. The van der Waals surface area contributed by atoms with E-state index in [1.54, 1.807) is 11.0 Å². The number of aryl methyl sites for hydroxylation is 2. The predicted molar refractivity (Wildman–Crippen MR) is 110 cm³/mol. The molecule has 1 aliphatic heterocycles. The number of anilines is 1. The maximum Gasteiger partial charge on any atom is 0.400 e. The molecule has 1 unspecified atom stereocenters. The van der Waals surface area contributed by atoms with Crippen LogP contribution >= 0.6 is 23.2 Å². The lowest BCUT2D eigenvalue weighted by Crippen LogP contribution is -2.44. The molecule has 1 saturated heterocycles. The summed E-state index contributed by atoms with van der Waals surface area (Å²) >= 11 is 12.0. The first kappa shape index (κ1) is 21.8. The summed E-state index contributed by atoms with van der Waals surface area (Å²) in [6.07, 6.45) is -3.80. The van der Waals surface area contributed by atoms with Gasteiger partial charge in [-0.1, -0.05) is 29.3 Å². The van der Waals surface area contributed by atoms with Gasteiger partial charge >= 0.3 is 6.18 Å². The Balaban J connectivity index is 1.91. The van der Waals surface area contributed by atoms with E-state index in [0.29, 0.717) is 12.1 Å². The Kier molecular flexibility index (Phi) is 6.06. The summed E-state index contributed by atoms with van der Waals surface area (Å²) in [6.45, 7) is 1.92. The van der Waals surface area contributed by atoms with Crippen molar-refractivity contribution in [3.63, 3.8) is 0 Å². The number of benzene rings is 2. The van der Waals surface area contributed by atoms with E-state index in [1.165, 1.54) is 18.2 Å². The lowest BCUT2D eigenvalue weighted by molar-refractivity contribution is -0.184. The molecule has 0 aromatic heterocycles. The molecule has 2 aromatic carbocycles. The Morgan fingerprint density at radius 2 is 1.83 bits per heavy atom. The molecule has 0 spiro atoms. The van der Waals surface area contributed by atoms with E-state index in [4.69, 9.17) is 28.9 Å². The lowest BCUT2D eigenvalue weighted by Gasteiger charge is -2.33. The van der Waals surface area contributed by atoms with Crippen molar-refractivity contribution >= 4 is 34.8 Å². The maximum atomic E-state index is 14.2. The number of rotatable bonds is 5. The smallest absolute Gasteiger partial charge is 0.370 e. The summed E-state index contributed by atoms with van der Waals surface area (Å²) in [7, 11) is 0. The van der Waals surface area contributed by atoms with Gasteiger partial charge in [0.1, 0.15) is 5.41 Å². The van der Waals surface area contributed by atoms with E-state index < -0.39 is 11.6 Å². The molecular weight excluding hydrogens is 424 g/mol. The van der Waals surface area contributed by atoms with Crippen molar-refractivity contribution in [1.29, 1.82) is 0 Å². The van der Waals surface area contributed by atoms with Crippen LogP contribution < -0.4 is 10.6 Å². The minimum atomic E-state index is -4.45. The molecule has 1 aliphatic rings. The Morgan fingerprint density at radius 1 is 1.17 bits per heavy atom. The zero-order chi connectivity index (χ0) is 21.4. The maximum absolute atomic E-state index is 14.2. The number of hydrogen-bond acceptors (Lipinski definition) is 2. The summed E-state index contributed by atoms with van der Waals surface area (Å²) in [4.78, 5) is 12.7. The molecule has 0 radical (unpaired) electrons. The third kappa shape index (κ3) is 4.48. The van der Waals surface area contributed by atoms with Crippen LogP contribution in [-0.2, 0) is 16.6 Å². The molecule has 1 heterocycles. The van der Waals surface area contributed by atoms with Gasteiger partial charge in [-0.15, -0.1) is 0 Å². The van der Waals surface area contributed by atoms with Crippen LogP contribution in [0.25, 0.3) is 0 Å². The van der Waals surface area contributed by atoms with Crippen LogP contribution in [0.5, 0.6) is 0 Å². The van der Waals surface area contributed by atoms with Crippen LogP contribution in [0.15, 0.2) is 36.4 Å². The highest BCUT2D eigenvalue weighted by Crippen LogP contribution is 2.49. The number of amides is 1. The third-order valence-corrected chi connectivity index (χ3v) is 6.00. The van der Waals surface area contributed by atoms with Crippen LogP contribution in [-0.4, -0.2) is 25.2 Å². The zero-order valence-corrected chi connectivity index (χ0v) is 17.3. The van der Waals surface area contributed by atoms with Crippen molar-refractivity contribution in [2.45, 2.75) is 37.8 Å². The topological polar surface area (TPSA) is 46.3 Å². The van der Waals surface area contributed by atoms with Gasteiger partial charge in [-0.2, -0.15) is 13.2 Å². The van der Waals surface area contributed by atoms with Gasteiger partial charge in [0.05, 0.1) is 0 Å². The molecule has 29 heavy (non-hydrogen) atoms. The second kappa shape index (κ2) is 8.07. The first-order valence-electron chi connectivity index (χ1n) is 9.18. The van der Waals surface area contributed by atoms with Gasteiger partial charge in [-0.3, -0.25) is 4.79 Å². The molecule has 3 rings (SSSR count). The van der Waals surface area contributed by atoms with E-state index in [-0.39, 0.29) is 47.4 Å². The van der Waals surface area contributed by atoms with Crippen LogP contribution in [0.2, 0.25) is 10.0 Å². The van der Waals surface area contributed by atoms with Gasteiger partial charge < -0.3 is 10.6 Å². The van der Waals surface area contributed by atoms with E-state index in [2.05, 4.69) is 0 Å². The number of carbonyl (C=O) groups is 1. The normalized spacial score (nSPS) is 19.6. The summed E-state index contributed by atoms with van der Waals surface area (Å²) in [5.41, 5.74) is 5.82. The van der Waals surface area contributed by atoms with Gasteiger partial charge in [0, 0.05) is 35.2 Å². The van der Waals surface area contributed by atoms with Gasteiger partial charge in [0.15, 0.2) is 0 Å². The quantitative estimate of drug-likeness (QED) is 0.667. The first-order valence-corrected chi connectivity index (χ1v) is 9.93.